The average molecular weight is 737 g/mol. The summed E-state index contributed by atoms with van der Waals surface area (Å²) in [6.45, 7) is 4.61. The largest absolute Gasteiger partial charge is 0.396 e. The highest BCUT2D eigenvalue weighted by Gasteiger charge is 2.53. The molecule has 6 nitrogen and oxygen atoms in total. The van der Waals surface area contributed by atoms with Gasteiger partial charge in [-0.3, -0.25) is 0 Å². The lowest BCUT2D eigenvalue weighted by Gasteiger charge is -2.41. The zero-order valence-corrected chi connectivity index (χ0v) is 26.8. The molecule has 4 aliphatic rings. The van der Waals surface area contributed by atoms with Gasteiger partial charge in [-0.25, -0.2) is 0 Å². The molecule has 212 valence electrons. The first-order chi connectivity index (χ1) is 17.5. The molecule has 2 N–H and O–H groups in total. The summed E-state index contributed by atoms with van der Waals surface area (Å²) < 4.78 is 27.1. The number of unbranched alkanes of at least 4 members (excludes halogenated alkanes) is 2. The molecule has 0 saturated carbocycles. The first-order valence-electron chi connectivity index (χ1n) is 14.5. The maximum atomic E-state index is 9.71. The van der Waals surface area contributed by atoms with E-state index < -0.39 is 5.60 Å². The van der Waals surface area contributed by atoms with E-state index in [1.807, 2.05) is 0 Å². The van der Waals surface area contributed by atoms with Gasteiger partial charge in [0, 0.05) is 28.3 Å². The van der Waals surface area contributed by atoms with Gasteiger partial charge in [0.15, 0.2) is 0 Å². The van der Waals surface area contributed by atoms with Crippen molar-refractivity contribution < 1.29 is 29.2 Å². The van der Waals surface area contributed by atoms with Crippen LogP contribution in [0.5, 0.6) is 0 Å². The van der Waals surface area contributed by atoms with Crippen molar-refractivity contribution >= 4 is 45.2 Å². The van der Waals surface area contributed by atoms with Crippen LogP contribution in [0, 0.1) is 0 Å². The topological polar surface area (TPSA) is 77.4 Å². The predicted octanol–water partition coefficient (Wildman–Crippen LogP) is 6.14. The molecular formula is C28H50I2O6. The van der Waals surface area contributed by atoms with E-state index in [-0.39, 0.29) is 37.1 Å². The van der Waals surface area contributed by atoms with E-state index >= 15 is 0 Å². The Morgan fingerprint density at radius 1 is 0.694 bits per heavy atom. The number of aliphatic hydroxyl groups is 2. The standard InChI is InChI=1S/C14H24I2O2.C14H26O4/c2*1-2-3-4-12-9-14(10-16)13(17-12)6-5-11(18-14)7-8-15/h11-13H,2-10H2,1H3;11-13,15-16H,2-10H2,1H3/t2*11-,12+,13+,14-/m11/s1. The molecule has 36 heavy (non-hydrogen) atoms. The van der Waals surface area contributed by atoms with Crippen LogP contribution in [-0.2, 0) is 18.9 Å². The molecule has 4 rings (SSSR count). The third-order valence-corrected chi connectivity index (χ3v) is 10.4. The monoisotopic (exact) mass is 736 g/mol. The number of hydrogen-bond acceptors (Lipinski definition) is 6. The van der Waals surface area contributed by atoms with Crippen LogP contribution in [0.25, 0.3) is 0 Å². The minimum absolute atomic E-state index is 0.0300. The molecule has 4 heterocycles. The van der Waals surface area contributed by atoms with Crippen LogP contribution in [0.1, 0.15) is 104 Å². The number of hydrogen-bond donors (Lipinski definition) is 2. The van der Waals surface area contributed by atoms with E-state index in [0.29, 0.717) is 24.7 Å². The van der Waals surface area contributed by atoms with Crippen LogP contribution in [0.4, 0.5) is 0 Å². The van der Waals surface area contributed by atoms with Crippen molar-refractivity contribution in [3.63, 3.8) is 0 Å². The molecule has 0 bridgehead atoms. The third kappa shape index (κ3) is 8.13. The molecular weight excluding hydrogens is 686 g/mol. The minimum atomic E-state index is -0.503. The van der Waals surface area contributed by atoms with E-state index in [0.717, 1.165) is 36.5 Å². The molecule has 4 saturated heterocycles. The normalized spacial score (nSPS) is 39.8. The van der Waals surface area contributed by atoms with Crippen molar-refractivity contribution in [1.29, 1.82) is 0 Å². The summed E-state index contributed by atoms with van der Waals surface area (Å²) >= 11 is 4.95. The molecule has 0 spiro atoms. The highest BCUT2D eigenvalue weighted by molar-refractivity contribution is 14.1. The van der Waals surface area contributed by atoms with Crippen molar-refractivity contribution in [1.82, 2.24) is 0 Å². The molecule has 0 radical (unpaired) electrons. The molecule has 0 unspecified atom stereocenters. The summed E-state index contributed by atoms with van der Waals surface area (Å²) in [6.07, 6.45) is 16.8. The summed E-state index contributed by atoms with van der Waals surface area (Å²) in [6, 6.07) is 0. The van der Waals surface area contributed by atoms with Crippen molar-refractivity contribution in [2.45, 2.75) is 152 Å². The van der Waals surface area contributed by atoms with Crippen LogP contribution in [-0.4, -0.2) is 80.1 Å². The number of aliphatic hydroxyl groups excluding tert-OH is 2. The second kappa shape index (κ2) is 15.9. The van der Waals surface area contributed by atoms with Gasteiger partial charge in [-0.1, -0.05) is 84.7 Å². The fourth-order valence-electron chi connectivity index (χ4n) is 6.46. The van der Waals surface area contributed by atoms with Gasteiger partial charge >= 0.3 is 0 Å². The Labute approximate surface area is 246 Å². The molecule has 0 aromatic carbocycles. The van der Waals surface area contributed by atoms with Crippen LogP contribution in [0.3, 0.4) is 0 Å². The van der Waals surface area contributed by atoms with E-state index in [9.17, 15) is 5.11 Å². The summed E-state index contributed by atoms with van der Waals surface area (Å²) in [5.74, 6) is 0. The van der Waals surface area contributed by atoms with Gasteiger partial charge in [0.1, 0.15) is 11.2 Å². The molecule has 0 aromatic heterocycles. The van der Waals surface area contributed by atoms with E-state index in [2.05, 4.69) is 59.0 Å². The number of ether oxygens (including phenoxy) is 4. The van der Waals surface area contributed by atoms with Crippen molar-refractivity contribution in [2.24, 2.45) is 0 Å². The Balaban J connectivity index is 0.000000201. The van der Waals surface area contributed by atoms with Gasteiger partial charge in [-0.15, -0.1) is 0 Å². The second-order valence-corrected chi connectivity index (χ2v) is 13.1. The van der Waals surface area contributed by atoms with Gasteiger partial charge in [0.2, 0.25) is 0 Å². The maximum Gasteiger partial charge on any atom is 0.120 e. The molecule has 8 atom stereocenters. The second-order valence-electron chi connectivity index (χ2n) is 11.2. The highest BCUT2D eigenvalue weighted by atomic mass is 127. The lowest BCUT2D eigenvalue weighted by molar-refractivity contribution is -0.185. The number of halogens is 2. The van der Waals surface area contributed by atoms with Crippen molar-refractivity contribution in [2.75, 3.05) is 22.1 Å². The third-order valence-electron chi connectivity index (χ3n) is 8.47. The summed E-state index contributed by atoms with van der Waals surface area (Å²) in [5.41, 5.74) is -0.468. The lowest BCUT2D eigenvalue weighted by atomic mass is 9.86. The molecule has 4 aliphatic heterocycles. The zero-order valence-electron chi connectivity index (χ0n) is 22.5. The lowest BCUT2D eigenvalue weighted by Crippen LogP contribution is -2.51. The molecule has 0 aromatic rings. The van der Waals surface area contributed by atoms with Crippen LogP contribution in [0.15, 0.2) is 0 Å². The first-order valence-corrected chi connectivity index (χ1v) is 17.5. The summed E-state index contributed by atoms with van der Waals surface area (Å²) in [4.78, 5) is 0. The van der Waals surface area contributed by atoms with E-state index in [1.54, 1.807) is 0 Å². The average Bonchev–Trinajstić information content (AvgIpc) is 3.45. The SMILES string of the molecule is CCCC[C@H]1C[C@]2(CI)O[C@@H](CCI)CC[C@@H]2O1.CCCC[C@H]1C[C@]2(CO)O[C@@H](CCO)CC[C@@H]2O1. The van der Waals surface area contributed by atoms with Gasteiger partial charge in [0.25, 0.3) is 0 Å². The summed E-state index contributed by atoms with van der Waals surface area (Å²) in [5, 5.41) is 18.7. The zero-order chi connectivity index (χ0) is 26.0. The Hall–Kier alpha value is 1.22. The number of alkyl halides is 2. The number of rotatable bonds is 12. The van der Waals surface area contributed by atoms with Gasteiger partial charge in [-0.2, -0.15) is 0 Å². The van der Waals surface area contributed by atoms with Crippen LogP contribution < -0.4 is 0 Å². The van der Waals surface area contributed by atoms with Gasteiger partial charge in [0.05, 0.1) is 43.2 Å². The maximum absolute atomic E-state index is 9.71. The smallest absolute Gasteiger partial charge is 0.120 e. The van der Waals surface area contributed by atoms with Crippen molar-refractivity contribution in [3.05, 3.63) is 0 Å². The van der Waals surface area contributed by atoms with Crippen LogP contribution in [0.2, 0.25) is 0 Å². The fraction of sp³-hybridized carbons (Fsp3) is 1.00. The van der Waals surface area contributed by atoms with Gasteiger partial charge < -0.3 is 29.2 Å². The number of fused-ring (bicyclic) bond motifs is 2. The molecule has 8 heteroatoms. The van der Waals surface area contributed by atoms with Crippen LogP contribution >= 0.6 is 45.2 Å². The Bertz CT molecular complexity index is 575. The predicted molar refractivity (Wildman–Crippen MR) is 160 cm³/mol. The molecule has 0 amide bonds. The van der Waals surface area contributed by atoms with Gasteiger partial charge in [-0.05, 0) is 51.4 Å². The van der Waals surface area contributed by atoms with E-state index in [1.165, 1.54) is 55.8 Å². The van der Waals surface area contributed by atoms with E-state index in [4.69, 9.17) is 24.1 Å². The Morgan fingerprint density at radius 3 is 1.72 bits per heavy atom. The highest BCUT2D eigenvalue weighted by Crippen LogP contribution is 2.45. The Morgan fingerprint density at radius 2 is 1.22 bits per heavy atom. The minimum Gasteiger partial charge on any atom is -0.396 e. The Kier molecular flexibility index (Phi) is 14.0. The first kappa shape index (κ1) is 31.7. The van der Waals surface area contributed by atoms with Crippen molar-refractivity contribution in [3.8, 4) is 0 Å². The fourth-order valence-corrected chi connectivity index (χ4v) is 8.14. The molecule has 0 aliphatic carbocycles. The molecule has 4 fully saturated rings. The summed E-state index contributed by atoms with van der Waals surface area (Å²) in [7, 11) is 0. The quantitative estimate of drug-likeness (QED) is 0.186.